The lowest BCUT2D eigenvalue weighted by molar-refractivity contribution is -0.119. The molecule has 1 aliphatic rings. The Morgan fingerprint density at radius 1 is 1.25 bits per heavy atom. The molecule has 1 unspecified atom stereocenters. The number of aryl methyl sites for hydroxylation is 2. The van der Waals surface area contributed by atoms with E-state index in [1.807, 2.05) is 18.2 Å². The summed E-state index contributed by atoms with van der Waals surface area (Å²) in [5.41, 5.74) is 3.20. The quantitative estimate of drug-likeness (QED) is 0.643. The molecule has 1 amide bonds. The van der Waals surface area contributed by atoms with Crippen LogP contribution in [0.4, 0.5) is 0 Å². The van der Waals surface area contributed by atoms with Gasteiger partial charge in [-0.15, -0.1) is 11.8 Å². The number of carbonyl (C=O) groups is 1. The molecule has 0 spiro atoms. The standard InChI is InChI=1S/C22H21ClN2O2S/c1-25-19-11-15(23)9-10-17(19)20(12-22(25)27)28-13-21(26)24-18-8-4-6-14-5-2-3-7-16(14)18/h2-3,5,7,9-12,18H,4,6,8,13H2,1H3,(H,24,26). The Balaban J connectivity index is 1.50. The maximum absolute atomic E-state index is 12.6. The van der Waals surface area contributed by atoms with E-state index in [1.54, 1.807) is 29.8 Å². The Kier molecular flexibility index (Phi) is 5.47. The molecule has 144 valence electrons. The Bertz CT molecular complexity index is 1110. The van der Waals surface area contributed by atoms with Crippen molar-refractivity contribution in [2.45, 2.75) is 30.2 Å². The Hall–Kier alpha value is -2.24. The zero-order valence-electron chi connectivity index (χ0n) is 15.6. The lowest BCUT2D eigenvalue weighted by Gasteiger charge is -2.26. The first-order valence-corrected chi connectivity index (χ1v) is 10.7. The van der Waals surface area contributed by atoms with Crippen LogP contribution in [0, 0.1) is 0 Å². The number of halogens is 1. The van der Waals surface area contributed by atoms with E-state index in [0.717, 1.165) is 35.1 Å². The van der Waals surface area contributed by atoms with E-state index >= 15 is 0 Å². The maximum atomic E-state index is 12.6. The number of nitrogens with zero attached hydrogens (tertiary/aromatic N) is 1. The van der Waals surface area contributed by atoms with Crippen LogP contribution in [0.25, 0.3) is 10.9 Å². The summed E-state index contributed by atoms with van der Waals surface area (Å²) in [6.07, 6.45) is 3.11. The van der Waals surface area contributed by atoms with Crippen molar-refractivity contribution in [1.29, 1.82) is 0 Å². The van der Waals surface area contributed by atoms with Gasteiger partial charge in [0.05, 0.1) is 17.3 Å². The van der Waals surface area contributed by atoms with E-state index < -0.39 is 0 Å². The van der Waals surface area contributed by atoms with Crippen molar-refractivity contribution in [3.05, 3.63) is 75.0 Å². The molecule has 4 nitrogen and oxygen atoms in total. The maximum Gasteiger partial charge on any atom is 0.251 e. The number of nitrogens with one attached hydrogen (secondary N) is 1. The van der Waals surface area contributed by atoms with Gasteiger partial charge in [0.15, 0.2) is 0 Å². The third kappa shape index (κ3) is 3.82. The molecule has 1 aliphatic carbocycles. The number of amides is 1. The SMILES string of the molecule is Cn1c(=O)cc(SCC(=O)NC2CCCc3ccccc32)c2ccc(Cl)cc21. The predicted molar refractivity (Wildman–Crippen MR) is 115 cm³/mol. The Labute approximate surface area is 172 Å². The summed E-state index contributed by atoms with van der Waals surface area (Å²) in [6.45, 7) is 0. The minimum absolute atomic E-state index is 0.0190. The zero-order chi connectivity index (χ0) is 19.7. The van der Waals surface area contributed by atoms with Gasteiger partial charge in [-0.2, -0.15) is 0 Å². The van der Waals surface area contributed by atoms with Gasteiger partial charge >= 0.3 is 0 Å². The van der Waals surface area contributed by atoms with E-state index in [1.165, 1.54) is 22.9 Å². The number of pyridine rings is 1. The molecule has 0 saturated heterocycles. The first-order valence-electron chi connectivity index (χ1n) is 9.32. The summed E-state index contributed by atoms with van der Waals surface area (Å²) < 4.78 is 1.57. The highest BCUT2D eigenvalue weighted by Gasteiger charge is 2.21. The van der Waals surface area contributed by atoms with Crippen LogP contribution in [-0.2, 0) is 18.3 Å². The van der Waals surface area contributed by atoms with Gasteiger partial charge < -0.3 is 9.88 Å². The molecule has 0 aliphatic heterocycles. The van der Waals surface area contributed by atoms with Gasteiger partial charge in [-0.1, -0.05) is 41.9 Å². The largest absolute Gasteiger partial charge is 0.349 e. The van der Waals surface area contributed by atoms with Crippen LogP contribution >= 0.6 is 23.4 Å². The molecule has 4 rings (SSSR count). The van der Waals surface area contributed by atoms with Crippen molar-refractivity contribution >= 4 is 40.2 Å². The number of hydrogen-bond acceptors (Lipinski definition) is 3. The Morgan fingerprint density at radius 2 is 2.07 bits per heavy atom. The molecule has 0 bridgehead atoms. The van der Waals surface area contributed by atoms with Gasteiger partial charge in [0.25, 0.3) is 5.56 Å². The van der Waals surface area contributed by atoms with Crippen LogP contribution in [0.1, 0.15) is 30.0 Å². The number of carbonyl (C=O) groups excluding carboxylic acids is 1. The predicted octanol–water partition coefficient (Wildman–Crippen LogP) is 4.48. The summed E-state index contributed by atoms with van der Waals surface area (Å²) in [7, 11) is 1.72. The summed E-state index contributed by atoms with van der Waals surface area (Å²) in [4.78, 5) is 25.7. The molecule has 1 heterocycles. The van der Waals surface area contributed by atoms with Gasteiger partial charge in [0.1, 0.15) is 0 Å². The second-order valence-corrected chi connectivity index (χ2v) is 8.52. The summed E-state index contributed by atoms with van der Waals surface area (Å²) in [6, 6.07) is 15.4. The average molecular weight is 413 g/mol. The Morgan fingerprint density at radius 3 is 2.93 bits per heavy atom. The van der Waals surface area contributed by atoms with E-state index in [2.05, 4.69) is 17.4 Å². The third-order valence-electron chi connectivity index (χ3n) is 5.24. The van der Waals surface area contributed by atoms with Crippen molar-refractivity contribution in [3.8, 4) is 0 Å². The van der Waals surface area contributed by atoms with Crippen molar-refractivity contribution in [1.82, 2.24) is 9.88 Å². The smallest absolute Gasteiger partial charge is 0.251 e. The molecular weight excluding hydrogens is 392 g/mol. The number of fused-ring (bicyclic) bond motifs is 2. The van der Waals surface area contributed by atoms with Crippen molar-refractivity contribution in [2.24, 2.45) is 7.05 Å². The number of hydrogen-bond donors (Lipinski definition) is 1. The highest BCUT2D eigenvalue weighted by Crippen LogP contribution is 2.31. The van der Waals surface area contributed by atoms with Crippen molar-refractivity contribution < 1.29 is 4.79 Å². The fourth-order valence-corrected chi connectivity index (χ4v) is 4.85. The molecule has 0 saturated carbocycles. The van der Waals surface area contributed by atoms with Gasteiger partial charge in [0, 0.05) is 28.4 Å². The number of rotatable bonds is 4. The van der Waals surface area contributed by atoms with Gasteiger partial charge in [0.2, 0.25) is 5.91 Å². The summed E-state index contributed by atoms with van der Waals surface area (Å²) >= 11 is 7.47. The second-order valence-electron chi connectivity index (χ2n) is 7.07. The molecule has 1 N–H and O–H groups in total. The number of thioether (sulfide) groups is 1. The summed E-state index contributed by atoms with van der Waals surface area (Å²) in [5.74, 6) is 0.248. The summed E-state index contributed by atoms with van der Waals surface area (Å²) in [5, 5.41) is 4.67. The molecule has 0 fully saturated rings. The fraction of sp³-hybridized carbons (Fsp3) is 0.273. The van der Waals surface area contributed by atoms with Gasteiger partial charge in [-0.05, 0) is 42.5 Å². The van der Waals surface area contributed by atoms with Crippen LogP contribution in [0.5, 0.6) is 0 Å². The minimum atomic E-state index is -0.112. The zero-order valence-corrected chi connectivity index (χ0v) is 17.1. The van der Waals surface area contributed by atoms with Crippen LogP contribution in [0.2, 0.25) is 5.02 Å². The molecular formula is C22H21ClN2O2S. The van der Waals surface area contributed by atoms with Crippen LogP contribution < -0.4 is 10.9 Å². The van der Waals surface area contributed by atoms with E-state index in [4.69, 9.17) is 11.6 Å². The van der Waals surface area contributed by atoms with E-state index in [0.29, 0.717) is 5.02 Å². The average Bonchev–Trinajstić information content (AvgIpc) is 2.70. The lowest BCUT2D eigenvalue weighted by atomic mass is 9.88. The highest BCUT2D eigenvalue weighted by atomic mass is 35.5. The minimum Gasteiger partial charge on any atom is -0.349 e. The van der Waals surface area contributed by atoms with Crippen LogP contribution in [-0.4, -0.2) is 16.2 Å². The molecule has 28 heavy (non-hydrogen) atoms. The molecule has 6 heteroatoms. The molecule has 0 radical (unpaired) electrons. The number of benzene rings is 2. The first-order chi connectivity index (χ1) is 13.5. The second kappa shape index (κ2) is 8.02. The normalized spacial score (nSPS) is 16.0. The van der Waals surface area contributed by atoms with Crippen LogP contribution in [0.3, 0.4) is 0 Å². The number of aromatic nitrogens is 1. The fourth-order valence-electron chi connectivity index (χ4n) is 3.80. The lowest BCUT2D eigenvalue weighted by Crippen LogP contribution is -2.32. The van der Waals surface area contributed by atoms with Gasteiger partial charge in [-0.25, -0.2) is 0 Å². The third-order valence-corrected chi connectivity index (χ3v) is 6.53. The molecule has 1 aromatic heterocycles. The first kappa shape index (κ1) is 19.1. The van der Waals surface area contributed by atoms with Crippen molar-refractivity contribution in [3.63, 3.8) is 0 Å². The van der Waals surface area contributed by atoms with Crippen molar-refractivity contribution in [2.75, 3.05) is 5.75 Å². The van der Waals surface area contributed by atoms with Crippen LogP contribution in [0.15, 0.2) is 58.2 Å². The topological polar surface area (TPSA) is 51.1 Å². The molecule has 1 atom stereocenters. The van der Waals surface area contributed by atoms with Gasteiger partial charge in [-0.3, -0.25) is 9.59 Å². The molecule has 3 aromatic rings. The monoisotopic (exact) mass is 412 g/mol. The van der Waals surface area contributed by atoms with E-state index in [-0.39, 0.29) is 23.3 Å². The molecule has 2 aromatic carbocycles. The highest BCUT2D eigenvalue weighted by molar-refractivity contribution is 8.00. The van der Waals surface area contributed by atoms with E-state index in [9.17, 15) is 9.59 Å².